The van der Waals surface area contributed by atoms with Gasteiger partial charge in [-0.1, -0.05) is 13.8 Å². The van der Waals surface area contributed by atoms with E-state index in [0.717, 1.165) is 6.42 Å². The lowest BCUT2D eigenvalue weighted by Crippen LogP contribution is -2.54. The third kappa shape index (κ3) is 6.34. The second kappa shape index (κ2) is 9.73. The van der Waals surface area contributed by atoms with Crippen LogP contribution in [0.3, 0.4) is 0 Å². The molecule has 1 heterocycles. The fourth-order valence-electron chi connectivity index (χ4n) is 3.00. The summed E-state index contributed by atoms with van der Waals surface area (Å²) in [6.45, 7) is 7.76. The van der Waals surface area contributed by atoms with Crippen molar-refractivity contribution in [2.45, 2.75) is 44.6 Å². The van der Waals surface area contributed by atoms with Crippen LogP contribution in [0.5, 0.6) is 5.75 Å². The van der Waals surface area contributed by atoms with Crippen molar-refractivity contribution in [2.75, 3.05) is 26.2 Å². The van der Waals surface area contributed by atoms with E-state index < -0.39 is 10.0 Å². The van der Waals surface area contributed by atoms with Crippen molar-refractivity contribution in [3.05, 3.63) is 24.3 Å². The minimum absolute atomic E-state index is 0. The number of amides is 1. The van der Waals surface area contributed by atoms with Gasteiger partial charge in [0.1, 0.15) is 5.75 Å². The molecule has 9 heteroatoms. The average Bonchev–Trinajstić information content (AvgIpc) is 2.58. The maximum absolute atomic E-state index is 12.4. The Balaban J connectivity index is 0.00000364. The largest absolute Gasteiger partial charge is 0.494 e. The summed E-state index contributed by atoms with van der Waals surface area (Å²) in [6, 6.07) is 6.28. The number of ether oxygens (including phenoxy) is 1. The van der Waals surface area contributed by atoms with E-state index in [0.29, 0.717) is 25.4 Å². The highest BCUT2D eigenvalue weighted by Crippen LogP contribution is 2.27. The smallest absolute Gasteiger partial charge is 0.240 e. The first-order valence-corrected chi connectivity index (χ1v) is 10.4. The zero-order valence-electron chi connectivity index (χ0n) is 16.1. The number of sulfonamides is 1. The lowest BCUT2D eigenvalue weighted by molar-refractivity contribution is -0.134. The van der Waals surface area contributed by atoms with Crippen LogP contribution < -0.4 is 15.2 Å². The van der Waals surface area contributed by atoms with Crippen LogP contribution in [-0.2, 0) is 14.8 Å². The van der Waals surface area contributed by atoms with Crippen LogP contribution >= 0.6 is 12.4 Å². The van der Waals surface area contributed by atoms with Crippen molar-refractivity contribution in [3.63, 3.8) is 0 Å². The number of nitrogens with zero attached hydrogens (tertiary/aromatic N) is 1. The van der Waals surface area contributed by atoms with Crippen molar-refractivity contribution in [3.8, 4) is 5.75 Å². The number of rotatable bonds is 7. The lowest BCUT2D eigenvalue weighted by Gasteiger charge is -2.42. The van der Waals surface area contributed by atoms with E-state index in [4.69, 9.17) is 10.5 Å². The molecule has 0 radical (unpaired) electrons. The molecule has 1 saturated heterocycles. The molecule has 1 fully saturated rings. The van der Waals surface area contributed by atoms with Gasteiger partial charge in [-0.25, -0.2) is 13.1 Å². The fourth-order valence-corrected chi connectivity index (χ4v) is 4.03. The molecule has 0 aliphatic carbocycles. The standard InChI is InChI=1S/C18H29N3O4S.ClH/c1-4-25-14-5-7-15(8-6-14)26(23,24)20-11-9-17(22)21-12-10-16(19)18(2,3)13-21;/h5-8,16,20H,4,9-13,19H2,1-3H3;1H. The number of carbonyl (C=O) groups excluding carboxylic acids is 1. The van der Waals surface area contributed by atoms with Crippen LogP contribution in [0.4, 0.5) is 0 Å². The summed E-state index contributed by atoms with van der Waals surface area (Å²) in [5, 5.41) is 0. The summed E-state index contributed by atoms with van der Waals surface area (Å²) < 4.78 is 32.4. The van der Waals surface area contributed by atoms with Crippen LogP contribution in [0.2, 0.25) is 0 Å². The fraction of sp³-hybridized carbons (Fsp3) is 0.611. The number of benzene rings is 1. The predicted molar refractivity (Wildman–Crippen MR) is 108 cm³/mol. The minimum Gasteiger partial charge on any atom is -0.494 e. The summed E-state index contributed by atoms with van der Waals surface area (Å²) in [6.07, 6.45) is 0.887. The van der Waals surface area contributed by atoms with Crippen molar-refractivity contribution in [1.29, 1.82) is 0 Å². The molecule has 3 N–H and O–H groups in total. The van der Waals surface area contributed by atoms with Crippen LogP contribution in [0.25, 0.3) is 0 Å². The van der Waals surface area contributed by atoms with Gasteiger partial charge in [-0.3, -0.25) is 4.79 Å². The molecule has 1 aromatic carbocycles. The molecule has 0 aromatic heterocycles. The van der Waals surface area contributed by atoms with E-state index in [1.54, 1.807) is 17.0 Å². The summed E-state index contributed by atoms with van der Waals surface area (Å²) in [4.78, 5) is 14.3. The number of carbonyl (C=O) groups is 1. The predicted octanol–water partition coefficient (Wildman–Crippen LogP) is 1.76. The molecule has 0 saturated carbocycles. The van der Waals surface area contributed by atoms with Crippen molar-refractivity contribution in [1.82, 2.24) is 9.62 Å². The van der Waals surface area contributed by atoms with Crippen molar-refractivity contribution in [2.24, 2.45) is 11.1 Å². The first-order valence-electron chi connectivity index (χ1n) is 8.91. The molecule has 1 atom stereocenters. The monoisotopic (exact) mass is 419 g/mol. The molecule has 27 heavy (non-hydrogen) atoms. The maximum Gasteiger partial charge on any atom is 0.240 e. The molecule has 2 rings (SSSR count). The molecule has 0 spiro atoms. The highest BCUT2D eigenvalue weighted by molar-refractivity contribution is 7.89. The van der Waals surface area contributed by atoms with Gasteiger partial charge in [0, 0.05) is 32.1 Å². The molecular formula is C18H30ClN3O4S. The molecular weight excluding hydrogens is 390 g/mol. The maximum atomic E-state index is 12.4. The van der Waals surface area contributed by atoms with Crippen LogP contribution in [0.1, 0.15) is 33.6 Å². The van der Waals surface area contributed by atoms with E-state index in [2.05, 4.69) is 4.72 Å². The molecule has 7 nitrogen and oxygen atoms in total. The summed E-state index contributed by atoms with van der Waals surface area (Å²) in [5.74, 6) is 0.562. The van der Waals surface area contributed by atoms with Gasteiger partial charge in [-0.2, -0.15) is 0 Å². The van der Waals surface area contributed by atoms with Crippen molar-refractivity contribution >= 4 is 28.3 Å². The Morgan fingerprint density at radius 3 is 2.52 bits per heavy atom. The Labute approximate surface area is 168 Å². The molecule has 1 aliphatic rings. The molecule has 1 unspecified atom stereocenters. The highest BCUT2D eigenvalue weighted by Gasteiger charge is 2.35. The Bertz CT molecular complexity index is 723. The first-order chi connectivity index (χ1) is 12.2. The van der Waals surface area contributed by atoms with Crippen LogP contribution in [0, 0.1) is 5.41 Å². The second-order valence-corrected chi connectivity index (χ2v) is 9.02. The molecule has 0 bridgehead atoms. The number of nitrogens with two attached hydrogens (primary N) is 1. The Morgan fingerprint density at radius 2 is 1.96 bits per heavy atom. The Morgan fingerprint density at radius 1 is 1.33 bits per heavy atom. The number of halogens is 1. The Hall–Kier alpha value is -1.35. The van der Waals surface area contributed by atoms with Gasteiger partial charge < -0.3 is 15.4 Å². The Kier molecular flexibility index (Phi) is 8.53. The minimum atomic E-state index is -3.65. The van der Waals surface area contributed by atoms with E-state index in [1.807, 2.05) is 20.8 Å². The SMILES string of the molecule is CCOc1ccc(S(=O)(=O)NCCC(=O)N2CCC(N)C(C)(C)C2)cc1.Cl. The number of hydrogen-bond acceptors (Lipinski definition) is 5. The summed E-state index contributed by atoms with van der Waals surface area (Å²) in [7, 11) is -3.65. The van der Waals surface area contributed by atoms with Gasteiger partial charge in [0.15, 0.2) is 0 Å². The van der Waals surface area contributed by atoms with Gasteiger partial charge in [0.05, 0.1) is 11.5 Å². The van der Waals surface area contributed by atoms with Crippen LogP contribution in [-0.4, -0.2) is 51.5 Å². The van der Waals surface area contributed by atoms with Gasteiger partial charge in [-0.05, 0) is 43.0 Å². The molecule has 1 amide bonds. The molecule has 1 aromatic rings. The molecule has 154 valence electrons. The second-order valence-electron chi connectivity index (χ2n) is 7.25. The van der Waals surface area contributed by atoms with E-state index >= 15 is 0 Å². The quantitative estimate of drug-likeness (QED) is 0.701. The normalized spacial score (nSPS) is 19.3. The lowest BCUT2D eigenvalue weighted by atomic mass is 9.79. The van der Waals surface area contributed by atoms with Crippen molar-refractivity contribution < 1.29 is 17.9 Å². The summed E-state index contributed by atoms with van der Waals surface area (Å²) >= 11 is 0. The zero-order chi connectivity index (χ0) is 19.4. The number of nitrogens with one attached hydrogen (secondary N) is 1. The number of piperidine rings is 1. The van der Waals surface area contributed by atoms with E-state index in [9.17, 15) is 13.2 Å². The van der Waals surface area contributed by atoms with E-state index in [1.165, 1.54) is 12.1 Å². The van der Waals surface area contributed by atoms with Gasteiger partial charge in [0.2, 0.25) is 15.9 Å². The van der Waals surface area contributed by atoms with E-state index in [-0.39, 0.29) is 47.6 Å². The van der Waals surface area contributed by atoms with Crippen LogP contribution in [0.15, 0.2) is 29.2 Å². The van der Waals surface area contributed by atoms with Gasteiger partial charge >= 0.3 is 0 Å². The van der Waals surface area contributed by atoms with Gasteiger partial charge in [0.25, 0.3) is 0 Å². The average molecular weight is 420 g/mol. The third-order valence-electron chi connectivity index (χ3n) is 4.74. The highest BCUT2D eigenvalue weighted by atomic mass is 35.5. The third-order valence-corrected chi connectivity index (χ3v) is 6.22. The topological polar surface area (TPSA) is 102 Å². The zero-order valence-corrected chi connectivity index (χ0v) is 17.7. The molecule has 1 aliphatic heterocycles. The number of hydrogen-bond donors (Lipinski definition) is 2. The van der Waals surface area contributed by atoms with Gasteiger partial charge in [-0.15, -0.1) is 12.4 Å². The first kappa shape index (κ1) is 23.7. The summed E-state index contributed by atoms with van der Waals surface area (Å²) in [5.41, 5.74) is 5.96. The number of likely N-dealkylation sites (tertiary alicyclic amines) is 1.